The molecule has 1 unspecified atom stereocenters. The molecular weight excluding hydrogens is 468 g/mol. The number of hydrogen-bond donors (Lipinski definition) is 1. The second kappa shape index (κ2) is 8.63. The topological polar surface area (TPSA) is 100 Å². The minimum absolute atomic E-state index is 0.110. The molecule has 3 aliphatic rings. The number of imidazole rings is 1. The maximum absolute atomic E-state index is 13.4. The van der Waals surface area contributed by atoms with E-state index < -0.39 is 6.04 Å². The molecule has 9 heteroatoms. The quantitative estimate of drug-likeness (QED) is 0.636. The molecule has 1 N–H and O–H groups in total. The number of nitriles is 1. The Hall–Kier alpha value is -2.92. The Balaban J connectivity index is 1.44. The second-order valence-electron chi connectivity index (χ2n) is 10.7. The molecule has 0 radical (unpaired) electrons. The van der Waals surface area contributed by atoms with E-state index in [0.717, 1.165) is 19.3 Å². The molecule has 2 aliphatic heterocycles. The molecule has 1 aromatic heterocycles. The summed E-state index contributed by atoms with van der Waals surface area (Å²) in [5.41, 5.74) is 1.31. The van der Waals surface area contributed by atoms with Crippen molar-refractivity contribution in [1.82, 2.24) is 14.0 Å². The molecule has 2 fully saturated rings. The predicted molar refractivity (Wildman–Crippen MR) is 131 cm³/mol. The molecule has 1 amide bonds. The average molecular weight is 499 g/mol. The number of nitrogens with zero attached hydrogens (tertiary/aromatic N) is 4. The lowest BCUT2D eigenvalue weighted by molar-refractivity contribution is -0.0118. The first kappa shape index (κ1) is 23.8. The third-order valence-corrected chi connectivity index (χ3v) is 8.70. The number of amides is 1. The number of carbonyl (C=O) groups is 1. The molecule has 35 heavy (non-hydrogen) atoms. The predicted octanol–water partition coefficient (Wildman–Crippen LogP) is 5.08. The zero-order chi connectivity index (χ0) is 25.2. The molecule has 0 spiro atoms. The van der Waals surface area contributed by atoms with Crippen LogP contribution < -0.4 is 5.69 Å². The number of fused-ring (bicyclic) bond motifs is 5. The van der Waals surface area contributed by atoms with Crippen molar-refractivity contribution in [3.63, 3.8) is 0 Å². The summed E-state index contributed by atoms with van der Waals surface area (Å²) in [6.45, 7) is 8.70. The van der Waals surface area contributed by atoms with E-state index in [-0.39, 0.29) is 34.8 Å². The number of benzene rings is 1. The van der Waals surface area contributed by atoms with Crippen LogP contribution in [0, 0.1) is 36.0 Å². The van der Waals surface area contributed by atoms with Crippen LogP contribution in [0.25, 0.3) is 5.69 Å². The number of halogens is 1. The van der Waals surface area contributed by atoms with E-state index in [0.29, 0.717) is 53.2 Å². The summed E-state index contributed by atoms with van der Waals surface area (Å²) in [6.07, 6.45) is 3.06. The normalized spacial score (nSPS) is 27.2. The first-order chi connectivity index (χ1) is 16.6. The molecule has 1 aliphatic carbocycles. The number of aromatic hydroxyl groups is 1. The minimum atomic E-state index is -0.421. The highest BCUT2D eigenvalue weighted by Gasteiger charge is 2.50. The lowest BCUT2D eigenvalue weighted by Crippen LogP contribution is -2.42. The van der Waals surface area contributed by atoms with Gasteiger partial charge in [-0.3, -0.25) is 9.47 Å². The van der Waals surface area contributed by atoms with Gasteiger partial charge in [0.15, 0.2) is 0 Å². The van der Waals surface area contributed by atoms with Gasteiger partial charge in [-0.25, -0.2) is 14.2 Å². The van der Waals surface area contributed by atoms with Gasteiger partial charge in [-0.2, -0.15) is 5.26 Å². The summed E-state index contributed by atoms with van der Waals surface area (Å²) in [5, 5.41) is 20.7. The molecule has 5 atom stereocenters. The van der Waals surface area contributed by atoms with Gasteiger partial charge in [0, 0.05) is 6.54 Å². The van der Waals surface area contributed by atoms with Crippen LogP contribution in [0.2, 0.25) is 5.02 Å². The largest absolute Gasteiger partial charge is 0.493 e. The van der Waals surface area contributed by atoms with Crippen molar-refractivity contribution < 1.29 is 14.6 Å². The van der Waals surface area contributed by atoms with Crippen LogP contribution in [0.4, 0.5) is 4.79 Å². The number of ether oxygens (including phenoxy) is 1. The number of rotatable bonds is 3. The van der Waals surface area contributed by atoms with E-state index in [9.17, 15) is 20.0 Å². The van der Waals surface area contributed by atoms with Crippen molar-refractivity contribution >= 4 is 17.7 Å². The first-order valence-corrected chi connectivity index (χ1v) is 12.7. The SMILES string of the molecule is Cc1c(-n2c(O)c3n(c2=O)[C@@H]2CC3N(C(=O)O[C@H]3CC[C@@H](C)C[C@@H]3C(C)C)C2)ccc(C#N)c1Cl. The number of carbonyl (C=O) groups excluding carboxylic acids is 1. The Labute approximate surface area is 209 Å². The monoisotopic (exact) mass is 498 g/mol. The van der Waals surface area contributed by atoms with E-state index in [4.69, 9.17) is 16.3 Å². The van der Waals surface area contributed by atoms with Gasteiger partial charge in [0.1, 0.15) is 17.9 Å². The van der Waals surface area contributed by atoms with Crippen molar-refractivity contribution in [3.05, 3.63) is 44.5 Å². The third-order valence-electron chi connectivity index (χ3n) is 8.22. The maximum Gasteiger partial charge on any atom is 0.410 e. The molecule has 1 saturated heterocycles. The van der Waals surface area contributed by atoms with E-state index in [1.54, 1.807) is 22.5 Å². The first-order valence-electron chi connectivity index (χ1n) is 12.4. The van der Waals surface area contributed by atoms with Gasteiger partial charge in [0.05, 0.1) is 28.4 Å². The summed E-state index contributed by atoms with van der Waals surface area (Å²) in [7, 11) is 0. The van der Waals surface area contributed by atoms with Crippen molar-refractivity contribution in [1.29, 1.82) is 5.26 Å². The highest BCUT2D eigenvalue weighted by Crippen LogP contribution is 2.49. The lowest BCUT2D eigenvalue weighted by Gasteiger charge is -2.38. The van der Waals surface area contributed by atoms with Gasteiger partial charge in [0.2, 0.25) is 5.88 Å². The van der Waals surface area contributed by atoms with Gasteiger partial charge in [-0.05, 0) is 68.1 Å². The Morgan fingerprint density at radius 3 is 2.71 bits per heavy atom. The van der Waals surface area contributed by atoms with Gasteiger partial charge in [0.25, 0.3) is 0 Å². The van der Waals surface area contributed by atoms with Gasteiger partial charge < -0.3 is 9.84 Å². The van der Waals surface area contributed by atoms with Gasteiger partial charge in [-0.15, -0.1) is 0 Å². The Bertz CT molecular complexity index is 1290. The fourth-order valence-corrected chi connectivity index (χ4v) is 6.51. The average Bonchev–Trinajstić information content (AvgIpc) is 3.48. The summed E-state index contributed by atoms with van der Waals surface area (Å²) in [4.78, 5) is 28.3. The van der Waals surface area contributed by atoms with Crippen LogP contribution in [-0.4, -0.2) is 37.9 Å². The molecule has 1 saturated carbocycles. The highest BCUT2D eigenvalue weighted by molar-refractivity contribution is 6.32. The van der Waals surface area contributed by atoms with Crippen molar-refractivity contribution in [2.45, 2.75) is 71.6 Å². The Kier molecular flexibility index (Phi) is 5.87. The molecule has 2 aromatic rings. The van der Waals surface area contributed by atoms with E-state index in [2.05, 4.69) is 20.8 Å². The van der Waals surface area contributed by atoms with Crippen LogP contribution >= 0.6 is 11.6 Å². The molecule has 5 rings (SSSR count). The number of hydrogen-bond acceptors (Lipinski definition) is 5. The van der Waals surface area contributed by atoms with Crippen molar-refractivity contribution in [3.8, 4) is 17.6 Å². The van der Waals surface area contributed by atoms with Crippen LogP contribution in [0.5, 0.6) is 5.88 Å². The summed E-state index contributed by atoms with van der Waals surface area (Å²) < 4.78 is 8.87. The zero-order valence-corrected chi connectivity index (χ0v) is 21.2. The van der Waals surface area contributed by atoms with Crippen LogP contribution in [0.15, 0.2) is 16.9 Å². The zero-order valence-electron chi connectivity index (χ0n) is 20.5. The van der Waals surface area contributed by atoms with E-state index in [1.165, 1.54) is 10.6 Å². The van der Waals surface area contributed by atoms with Crippen LogP contribution in [0.1, 0.15) is 75.4 Å². The standard InChI is InChI=1S/C26H31ClN4O4/c1-13(2)18-9-14(3)5-8-21(18)35-26(34)29-12-17-10-20(29)23-24(32)31(25(33)30(17)23)19-7-6-16(11-28)22(27)15(19)4/h6-7,13-14,17-18,20-21,32H,5,8-10,12H2,1-4H3/t14-,17-,18-,20?,21+/m1/s1. The number of aromatic nitrogens is 2. The fraction of sp³-hybridized carbons (Fsp3) is 0.577. The lowest BCUT2D eigenvalue weighted by atomic mass is 9.75. The second-order valence-corrected chi connectivity index (χ2v) is 11.1. The van der Waals surface area contributed by atoms with Gasteiger partial charge in [-0.1, -0.05) is 32.4 Å². The maximum atomic E-state index is 13.4. The Morgan fingerprint density at radius 1 is 1.29 bits per heavy atom. The molecular formula is C26H31ClN4O4. The van der Waals surface area contributed by atoms with Crippen molar-refractivity contribution in [2.75, 3.05) is 6.54 Å². The van der Waals surface area contributed by atoms with Crippen molar-refractivity contribution in [2.24, 2.45) is 17.8 Å². The highest BCUT2D eigenvalue weighted by atomic mass is 35.5. The minimum Gasteiger partial charge on any atom is -0.493 e. The smallest absolute Gasteiger partial charge is 0.410 e. The molecule has 8 nitrogen and oxygen atoms in total. The van der Waals surface area contributed by atoms with E-state index >= 15 is 0 Å². The molecule has 3 heterocycles. The van der Waals surface area contributed by atoms with Gasteiger partial charge >= 0.3 is 11.8 Å². The van der Waals surface area contributed by atoms with Crippen LogP contribution in [0.3, 0.4) is 0 Å². The van der Waals surface area contributed by atoms with Crippen LogP contribution in [-0.2, 0) is 4.74 Å². The Morgan fingerprint density at radius 2 is 2.03 bits per heavy atom. The summed E-state index contributed by atoms with van der Waals surface area (Å²) >= 11 is 6.32. The number of likely N-dealkylation sites (tertiary alicyclic amines) is 1. The fourth-order valence-electron chi connectivity index (χ4n) is 6.31. The molecule has 2 bridgehead atoms. The molecule has 1 aromatic carbocycles. The third kappa shape index (κ3) is 3.63. The molecule has 186 valence electrons. The summed E-state index contributed by atoms with van der Waals surface area (Å²) in [5.74, 6) is 1.19. The summed E-state index contributed by atoms with van der Waals surface area (Å²) in [6, 6.07) is 4.53. The van der Waals surface area contributed by atoms with E-state index in [1.807, 2.05) is 6.07 Å².